The summed E-state index contributed by atoms with van der Waals surface area (Å²) in [4.78, 5) is 0. The molecule has 2 nitrogen and oxygen atoms in total. The molecule has 2 rings (SSSR count). The molecule has 0 saturated carbocycles. The van der Waals surface area contributed by atoms with Gasteiger partial charge < -0.3 is 10.5 Å². The van der Waals surface area contributed by atoms with Crippen molar-refractivity contribution >= 4 is 21.6 Å². The van der Waals surface area contributed by atoms with Crippen molar-refractivity contribution in [1.29, 1.82) is 0 Å². The Morgan fingerprint density at radius 3 is 3.08 bits per heavy atom. The topological polar surface area (TPSA) is 35.2 Å². The maximum atomic E-state index is 5.76. The van der Waals surface area contributed by atoms with Crippen LogP contribution >= 0.6 is 15.9 Å². The number of halogens is 1. The Hall–Kier alpha value is -0.540. The zero-order chi connectivity index (χ0) is 8.55. The number of hydrogen-bond acceptors (Lipinski definition) is 2. The molecule has 1 aliphatic heterocycles. The monoisotopic (exact) mass is 227 g/mol. The molecule has 1 aromatic carbocycles. The Labute approximate surface area is 79.8 Å². The first-order valence-corrected chi connectivity index (χ1v) is 4.72. The molecule has 0 unspecified atom stereocenters. The van der Waals surface area contributed by atoms with Gasteiger partial charge in [-0.05, 0) is 39.5 Å². The van der Waals surface area contributed by atoms with E-state index in [1.165, 1.54) is 11.1 Å². The molecule has 0 aliphatic carbocycles. The highest BCUT2D eigenvalue weighted by atomic mass is 79.9. The summed E-state index contributed by atoms with van der Waals surface area (Å²) < 4.78 is 6.37. The highest BCUT2D eigenvalue weighted by molar-refractivity contribution is 9.10. The van der Waals surface area contributed by atoms with Gasteiger partial charge in [-0.25, -0.2) is 0 Å². The fourth-order valence-electron chi connectivity index (χ4n) is 1.44. The Bertz CT molecular complexity index is 312. The van der Waals surface area contributed by atoms with E-state index in [0.29, 0.717) is 6.61 Å². The lowest BCUT2D eigenvalue weighted by Crippen LogP contribution is -2.11. The number of ether oxygens (including phenoxy) is 1. The van der Waals surface area contributed by atoms with Crippen LogP contribution in [0.25, 0.3) is 0 Å². The van der Waals surface area contributed by atoms with Gasteiger partial charge in [-0.1, -0.05) is 6.07 Å². The van der Waals surface area contributed by atoms with Crippen LogP contribution in [0.3, 0.4) is 0 Å². The third kappa shape index (κ3) is 1.23. The molecule has 0 aromatic heterocycles. The van der Waals surface area contributed by atoms with Gasteiger partial charge in [-0.15, -0.1) is 0 Å². The fourth-order valence-corrected chi connectivity index (χ4v) is 2.03. The van der Waals surface area contributed by atoms with Crippen molar-refractivity contribution in [2.45, 2.75) is 13.0 Å². The largest absolute Gasteiger partial charge is 0.398 e. The summed E-state index contributed by atoms with van der Waals surface area (Å²) in [6, 6.07) is 3.95. The van der Waals surface area contributed by atoms with Gasteiger partial charge in [0.25, 0.3) is 0 Å². The minimum Gasteiger partial charge on any atom is -0.398 e. The highest BCUT2D eigenvalue weighted by Crippen LogP contribution is 2.29. The second kappa shape index (κ2) is 3.07. The third-order valence-electron chi connectivity index (χ3n) is 2.12. The third-order valence-corrected chi connectivity index (χ3v) is 3.06. The molecule has 1 aromatic rings. The zero-order valence-corrected chi connectivity index (χ0v) is 8.23. The van der Waals surface area contributed by atoms with Crippen molar-refractivity contribution < 1.29 is 4.74 Å². The molecular formula is C9H10BrNO. The molecule has 0 radical (unpaired) electrons. The standard InChI is InChI=1S/C9H10BrNO/c10-9-7-3-4-12-5-6(7)1-2-8(9)11/h1-2H,3-5,11H2. The summed E-state index contributed by atoms with van der Waals surface area (Å²) in [6.07, 6.45) is 0.959. The molecule has 0 atom stereocenters. The predicted molar refractivity (Wildman–Crippen MR) is 51.9 cm³/mol. The number of anilines is 1. The van der Waals surface area contributed by atoms with Crippen LogP contribution < -0.4 is 5.73 Å². The van der Waals surface area contributed by atoms with Crippen molar-refractivity contribution in [2.24, 2.45) is 0 Å². The van der Waals surface area contributed by atoms with Crippen LogP contribution in [-0.2, 0) is 17.8 Å². The van der Waals surface area contributed by atoms with Crippen LogP contribution in [0, 0.1) is 0 Å². The van der Waals surface area contributed by atoms with Gasteiger partial charge >= 0.3 is 0 Å². The van der Waals surface area contributed by atoms with E-state index in [1.807, 2.05) is 12.1 Å². The summed E-state index contributed by atoms with van der Waals surface area (Å²) in [5.74, 6) is 0. The number of fused-ring (bicyclic) bond motifs is 1. The maximum Gasteiger partial charge on any atom is 0.0720 e. The van der Waals surface area contributed by atoms with E-state index in [2.05, 4.69) is 15.9 Å². The van der Waals surface area contributed by atoms with E-state index in [1.54, 1.807) is 0 Å². The molecule has 0 saturated heterocycles. The molecule has 0 bridgehead atoms. The van der Waals surface area contributed by atoms with E-state index in [9.17, 15) is 0 Å². The highest BCUT2D eigenvalue weighted by Gasteiger charge is 2.13. The Morgan fingerprint density at radius 1 is 1.42 bits per heavy atom. The lowest BCUT2D eigenvalue weighted by molar-refractivity contribution is 0.110. The van der Waals surface area contributed by atoms with Gasteiger partial charge in [0.2, 0.25) is 0 Å². The first-order chi connectivity index (χ1) is 5.79. The normalized spacial score (nSPS) is 15.8. The molecule has 3 heteroatoms. The van der Waals surface area contributed by atoms with Crippen molar-refractivity contribution in [3.05, 3.63) is 27.7 Å². The lowest BCUT2D eigenvalue weighted by atomic mass is 10.0. The van der Waals surface area contributed by atoms with Crippen molar-refractivity contribution in [3.63, 3.8) is 0 Å². The van der Waals surface area contributed by atoms with Crippen LogP contribution in [0.15, 0.2) is 16.6 Å². The Morgan fingerprint density at radius 2 is 2.25 bits per heavy atom. The van der Waals surface area contributed by atoms with Crippen LogP contribution in [0.2, 0.25) is 0 Å². The summed E-state index contributed by atoms with van der Waals surface area (Å²) in [5.41, 5.74) is 9.13. The molecular weight excluding hydrogens is 218 g/mol. The fraction of sp³-hybridized carbons (Fsp3) is 0.333. The molecule has 0 fully saturated rings. The van der Waals surface area contributed by atoms with Gasteiger partial charge in [0.1, 0.15) is 0 Å². The van der Waals surface area contributed by atoms with E-state index in [4.69, 9.17) is 10.5 Å². The summed E-state index contributed by atoms with van der Waals surface area (Å²) in [7, 11) is 0. The zero-order valence-electron chi connectivity index (χ0n) is 6.64. The smallest absolute Gasteiger partial charge is 0.0720 e. The van der Waals surface area contributed by atoms with Gasteiger partial charge in [-0.3, -0.25) is 0 Å². The quantitative estimate of drug-likeness (QED) is 0.690. The van der Waals surface area contributed by atoms with E-state index in [-0.39, 0.29) is 0 Å². The molecule has 12 heavy (non-hydrogen) atoms. The van der Waals surface area contributed by atoms with E-state index < -0.39 is 0 Å². The SMILES string of the molecule is Nc1ccc2c(c1Br)CCOC2. The van der Waals surface area contributed by atoms with Gasteiger partial charge in [-0.2, -0.15) is 0 Å². The summed E-state index contributed by atoms with van der Waals surface area (Å²) in [6.45, 7) is 1.52. The van der Waals surface area contributed by atoms with E-state index >= 15 is 0 Å². The molecule has 64 valence electrons. The summed E-state index contributed by atoms with van der Waals surface area (Å²) >= 11 is 3.49. The van der Waals surface area contributed by atoms with Crippen LogP contribution in [-0.4, -0.2) is 6.61 Å². The number of rotatable bonds is 0. The average molecular weight is 228 g/mol. The molecule has 1 heterocycles. The van der Waals surface area contributed by atoms with Crippen molar-refractivity contribution in [1.82, 2.24) is 0 Å². The molecule has 0 spiro atoms. The van der Waals surface area contributed by atoms with Crippen molar-refractivity contribution in [2.75, 3.05) is 12.3 Å². The first-order valence-electron chi connectivity index (χ1n) is 3.92. The predicted octanol–water partition coefficient (Wildman–Crippen LogP) is 2.10. The maximum absolute atomic E-state index is 5.76. The molecule has 1 aliphatic rings. The minimum absolute atomic E-state index is 0.716. The first kappa shape index (κ1) is 8.08. The van der Waals surface area contributed by atoms with Crippen LogP contribution in [0.4, 0.5) is 5.69 Å². The molecule has 0 amide bonds. The number of nitrogen functional groups attached to an aromatic ring is 1. The summed E-state index contributed by atoms with van der Waals surface area (Å²) in [5, 5.41) is 0. The van der Waals surface area contributed by atoms with Crippen molar-refractivity contribution in [3.8, 4) is 0 Å². The van der Waals surface area contributed by atoms with Gasteiger partial charge in [0.15, 0.2) is 0 Å². The van der Waals surface area contributed by atoms with Crippen LogP contribution in [0.1, 0.15) is 11.1 Å². The number of nitrogens with two attached hydrogens (primary N) is 1. The molecule has 2 N–H and O–H groups in total. The Kier molecular flexibility index (Phi) is 2.07. The minimum atomic E-state index is 0.716. The Balaban J connectivity index is 2.54. The van der Waals surface area contributed by atoms with Gasteiger partial charge in [0.05, 0.1) is 13.2 Å². The number of hydrogen-bond donors (Lipinski definition) is 1. The number of benzene rings is 1. The van der Waals surface area contributed by atoms with Gasteiger partial charge in [0, 0.05) is 10.2 Å². The second-order valence-electron chi connectivity index (χ2n) is 2.91. The second-order valence-corrected chi connectivity index (χ2v) is 3.70. The lowest BCUT2D eigenvalue weighted by Gasteiger charge is -2.18. The van der Waals surface area contributed by atoms with E-state index in [0.717, 1.165) is 23.2 Å². The van der Waals surface area contributed by atoms with Crippen LogP contribution in [0.5, 0.6) is 0 Å². The average Bonchev–Trinajstić information content (AvgIpc) is 2.12.